The molecule has 2 aromatic carbocycles. The second kappa shape index (κ2) is 9.36. The van der Waals surface area contributed by atoms with E-state index in [0.717, 1.165) is 30.6 Å². The Morgan fingerprint density at radius 2 is 1.85 bits per heavy atom. The minimum atomic E-state index is -0.193. The summed E-state index contributed by atoms with van der Waals surface area (Å²) in [7, 11) is 0. The highest BCUT2D eigenvalue weighted by Gasteiger charge is 2.21. The molecule has 1 heterocycles. The maximum absolute atomic E-state index is 12.4. The molecule has 3 rings (SSSR count). The minimum Gasteiger partial charge on any atom is -0.326 e. The van der Waals surface area contributed by atoms with Gasteiger partial charge in [-0.3, -0.25) is 9.59 Å². The molecule has 1 unspecified atom stereocenters. The van der Waals surface area contributed by atoms with Crippen molar-refractivity contribution >= 4 is 35.6 Å². The van der Waals surface area contributed by atoms with Crippen LogP contribution in [0.25, 0.3) is 0 Å². The topological polar surface area (TPSA) is 70.2 Å². The van der Waals surface area contributed by atoms with Crippen molar-refractivity contribution in [3.8, 4) is 0 Å². The van der Waals surface area contributed by atoms with Gasteiger partial charge in [-0.2, -0.15) is 0 Å². The molecular formula is C20H24ClN3O2. The molecule has 5 nitrogen and oxygen atoms in total. The first-order valence-corrected chi connectivity index (χ1v) is 8.62. The Bertz CT molecular complexity index is 759. The molecule has 26 heavy (non-hydrogen) atoms. The summed E-state index contributed by atoms with van der Waals surface area (Å²) in [5.74, 6) is -0.202. The highest BCUT2D eigenvalue weighted by atomic mass is 35.5. The maximum Gasteiger partial charge on any atom is 0.255 e. The molecular weight excluding hydrogens is 350 g/mol. The Morgan fingerprint density at radius 3 is 2.54 bits per heavy atom. The summed E-state index contributed by atoms with van der Waals surface area (Å²) in [6.07, 6.45) is 1.91. The van der Waals surface area contributed by atoms with Crippen molar-refractivity contribution in [3.63, 3.8) is 0 Å². The van der Waals surface area contributed by atoms with Gasteiger partial charge in [0.25, 0.3) is 5.91 Å². The molecule has 0 radical (unpaired) electrons. The average molecular weight is 374 g/mol. The van der Waals surface area contributed by atoms with Crippen molar-refractivity contribution in [2.24, 2.45) is 5.92 Å². The van der Waals surface area contributed by atoms with Gasteiger partial charge in [0.05, 0.1) is 5.92 Å². The molecule has 1 fully saturated rings. The van der Waals surface area contributed by atoms with Crippen LogP contribution < -0.4 is 16.0 Å². The van der Waals surface area contributed by atoms with E-state index in [9.17, 15) is 9.59 Å². The van der Waals surface area contributed by atoms with Crippen LogP contribution in [0.1, 0.15) is 28.8 Å². The van der Waals surface area contributed by atoms with Crippen LogP contribution in [-0.2, 0) is 4.79 Å². The van der Waals surface area contributed by atoms with Gasteiger partial charge in [0.15, 0.2) is 0 Å². The Balaban J connectivity index is 0.00000243. The van der Waals surface area contributed by atoms with E-state index in [1.807, 2.05) is 43.3 Å². The molecule has 0 saturated carbocycles. The van der Waals surface area contributed by atoms with Crippen LogP contribution in [0.3, 0.4) is 0 Å². The monoisotopic (exact) mass is 373 g/mol. The lowest BCUT2D eigenvalue weighted by molar-refractivity contribution is -0.120. The molecule has 0 bridgehead atoms. The number of carbonyl (C=O) groups excluding carboxylic acids is 2. The van der Waals surface area contributed by atoms with Crippen LogP contribution in [-0.4, -0.2) is 24.9 Å². The number of benzene rings is 2. The standard InChI is InChI=1S/C20H23N3O2.ClH/c1-14-9-10-15(19(24)22-17-7-3-2-4-8-17)12-18(14)23-20(25)16-6-5-11-21-13-16;/h2-4,7-10,12,16,21H,5-6,11,13H2,1H3,(H,22,24)(H,23,25);1H. The Kier molecular flexibility index (Phi) is 7.18. The predicted octanol–water partition coefficient (Wildman–Crippen LogP) is 3.61. The van der Waals surface area contributed by atoms with Crippen LogP contribution in [0.2, 0.25) is 0 Å². The third kappa shape index (κ3) is 5.07. The van der Waals surface area contributed by atoms with Gasteiger partial charge in [-0.25, -0.2) is 0 Å². The Morgan fingerprint density at radius 1 is 1.08 bits per heavy atom. The summed E-state index contributed by atoms with van der Waals surface area (Å²) in [4.78, 5) is 24.9. The van der Waals surface area contributed by atoms with E-state index in [0.29, 0.717) is 17.8 Å². The summed E-state index contributed by atoms with van der Waals surface area (Å²) in [5.41, 5.74) is 2.89. The van der Waals surface area contributed by atoms with Gasteiger partial charge < -0.3 is 16.0 Å². The lowest BCUT2D eigenvalue weighted by Gasteiger charge is -2.22. The van der Waals surface area contributed by atoms with Crippen LogP contribution in [0.5, 0.6) is 0 Å². The molecule has 2 amide bonds. The van der Waals surface area contributed by atoms with Crippen molar-refractivity contribution < 1.29 is 9.59 Å². The highest BCUT2D eigenvalue weighted by Crippen LogP contribution is 2.20. The Hall–Kier alpha value is -2.37. The van der Waals surface area contributed by atoms with Gasteiger partial charge in [-0.1, -0.05) is 24.3 Å². The number of amides is 2. The number of hydrogen-bond donors (Lipinski definition) is 3. The fourth-order valence-corrected chi connectivity index (χ4v) is 2.93. The third-order valence-corrected chi connectivity index (χ3v) is 4.46. The summed E-state index contributed by atoms with van der Waals surface area (Å²) in [6, 6.07) is 14.7. The summed E-state index contributed by atoms with van der Waals surface area (Å²) in [6.45, 7) is 3.60. The summed E-state index contributed by atoms with van der Waals surface area (Å²) in [5, 5.41) is 9.09. The van der Waals surface area contributed by atoms with E-state index >= 15 is 0 Å². The molecule has 2 aromatic rings. The van der Waals surface area contributed by atoms with Gasteiger partial charge in [0, 0.05) is 23.5 Å². The first kappa shape index (κ1) is 19.9. The number of aryl methyl sites for hydroxylation is 1. The SMILES string of the molecule is Cc1ccc(C(=O)Nc2ccccc2)cc1NC(=O)C1CCCNC1.Cl. The number of nitrogens with one attached hydrogen (secondary N) is 3. The number of rotatable bonds is 4. The largest absolute Gasteiger partial charge is 0.326 e. The molecule has 0 aliphatic carbocycles. The molecule has 1 aliphatic rings. The van der Waals surface area contributed by atoms with E-state index in [2.05, 4.69) is 16.0 Å². The van der Waals surface area contributed by atoms with E-state index in [1.54, 1.807) is 12.1 Å². The zero-order valence-electron chi connectivity index (χ0n) is 14.7. The van der Waals surface area contributed by atoms with Crippen molar-refractivity contribution in [1.82, 2.24) is 5.32 Å². The molecule has 1 saturated heterocycles. The van der Waals surface area contributed by atoms with Gasteiger partial charge in [-0.15, -0.1) is 12.4 Å². The number of anilines is 2. The second-order valence-electron chi connectivity index (χ2n) is 6.38. The fraction of sp³-hybridized carbons (Fsp3) is 0.300. The first-order chi connectivity index (χ1) is 12.1. The molecule has 138 valence electrons. The van der Waals surface area contributed by atoms with Crippen LogP contribution in [0, 0.1) is 12.8 Å². The quantitative estimate of drug-likeness (QED) is 0.766. The molecule has 6 heteroatoms. The zero-order chi connectivity index (χ0) is 17.6. The summed E-state index contributed by atoms with van der Waals surface area (Å²) < 4.78 is 0. The number of halogens is 1. The molecule has 0 spiro atoms. The first-order valence-electron chi connectivity index (χ1n) is 8.62. The maximum atomic E-state index is 12.4. The van der Waals surface area contributed by atoms with Crippen molar-refractivity contribution in [1.29, 1.82) is 0 Å². The average Bonchev–Trinajstić information content (AvgIpc) is 2.65. The van der Waals surface area contributed by atoms with Crippen molar-refractivity contribution in [2.45, 2.75) is 19.8 Å². The van der Waals surface area contributed by atoms with E-state index in [4.69, 9.17) is 0 Å². The number of hydrogen-bond acceptors (Lipinski definition) is 3. The van der Waals surface area contributed by atoms with Crippen LogP contribution >= 0.6 is 12.4 Å². The van der Waals surface area contributed by atoms with Gasteiger partial charge in [0.1, 0.15) is 0 Å². The molecule has 1 aliphatic heterocycles. The summed E-state index contributed by atoms with van der Waals surface area (Å²) >= 11 is 0. The number of piperidine rings is 1. The normalized spacial score (nSPS) is 16.3. The van der Waals surface area contributed by atoms with Crippen molar-refractivity contribution in [2.75, 3.05) is 23.7 Å². The second-order valence-corrected chi connectivity index (χ2v) is 6.38. The Labute approximate surface area is 160 Å². The lowest BCUT2D eigenvalue weighted by Crippen LogP contribution is -2.37. The zero-order valence-corrected chi connectivity index (χ0v) is 15.6. The van der Waals surface area contributed by atoms with Gasteiger partial charge in [0.2, 0.25) is 5.91 Å². The van der Waals surface area contributed by atoms with Crippen molar-refractivity contribution in [3.05, 3.63) is 59.7 Å². The predicted molar refractivity (Wildman–Crippen MR) is 107 cm³/mol. The van der Waals surface area contributed by atoms with Gasteiger partial charge in [-0.05, 0) is 56.1 Å². The smallest absolute Gasteiger partial charge is 0.255 e. The highest BCUT2D eigenvalue weighted by molar-refractivity contribution is 6.05. The molecule has 3 N–H and O–H groups in total. The molecule has 0 aromatic heterocycles. The third-order valence-electron chi connectivity index (χ3n) is 4.46. The van der Waals surface area contributed by atoms with E-state index < -0.39 is 0 Å². The number of para-hydroxylation sites is 1. The minimum absolute atomic E-state index is 0. The van der Waals surface area contributed by atoms with E-state index in [1.165, 1.54) is 0 Å². The van der Waals surface area contributed by atoms with E-state index in [-0.39, 0.29) is 30.1 Å². The van der Waals surface area contributed by atoms with Crippen LogP contribution in [0.15, 0.2) is 48.5 Å². The van der Waals surface area contributed by atoms with Crippen LogP contribution in [0.4, 0.5) is 11.4 Å². The number of carbonyl (C=O) groups is 2. The fourth-order valence-electron chi connectivity index (χ4n) is 2.93. The lowest BCUT2D eigenvalue weighted by atomic mass is 9.98. The van der Waals surface area contributed by atoms with Gasteiger partial charge >= 0.3 is 0 Å². The molecule has 1 atom stereocenters.